The van der Waals surface area contributed by atoms with Gasteiger partial charge in [-0.05, 0) is 11.1 Å². The molecule has 2 aromatic rings. The Bertz CT molecular complexity index is 617. The first-order valence-electron chi connectivity index (χ1n) is 6.54. The molecule has 3 heteroatoms. The Morgan fingerprint density at radius 3 is 1.95 bits per heavy atom. The first-order chi connectivity index (χ1) is 10.2. The third-order valence-corrected chi connectivity index (χ3v) is 3.32. The highest BCUT2D eigenvalue weighted by atomic mass is 16.5. The van der Waals surface area contributed by atoms with Crippen LogP contribution in [0.4, 0.5) is 0 Å². The van der Waals surface area contributed by atoms with Gasteiger partial charge in [0.1, 0.15) is 12.0 Å². The fourth-order valence-corrected chi connectivity index (χ4v) is 2.18. The molecule has 2 rings (SSSR count). The van der Waals surface area contributed by atoms with Crippen LogP contribution in [-0.2, 0) is 14.9 Å². The summed E-state index contributed by atoms with van der Waals surface area (Å²) in [6.45, 7) is 3.32. The minimum Gasteiger partial charge on any atom is -0.460 e. The number of hydrogen-bond acceptors (Lipinski definition) is 3. The molecule has 0 saturated carbocycles. The number of ether oxygens (including phenoxy) is 1. The van der Waals surface area contributed by atoms with Crippen LogP contribution in [0.5, 0.6) is 0 Å². The van der Waals surface area contributed by atoms with Gasteiger partial charge >= 0.3 is 5.97 Å². The molecule has 0 unspecified atom stereocenters. The van der Waals surface area contributed by atoms with E-state index in [-0.39, 0.29) is 6.61 Å². The zero-order valence-corrected chi connectivity index (χ0v) is 11.5. The van der Waals surface area contributed by atoms with Crippen LogP contribution < -0.4 is 0 Å². The van der Waals surface area contributed by atoms with Crippen molar-refractivity contribution in [3.05, 3.63) is 84.4 Å². The Morgan fingerprint density at radius 2 is 1.57 bits per heavy atom. The highest BCUT2D eigenvalue weighted by Gasteiger charge is 2.36. The van der Waals surface area contributed by atoms with Crippen molar-refractivity contribution in [2.24, 2.45) is 0 Å². The van der Waals surface area contributed by atoms with Gasteiger partial charge in [-0.15, -0.1) is 0 Å². The SMILES string of the molecule is C=CC(=O)OCC(C#N)(c1ccccc1)c1ccccc1. The molecule has 0 atom stereocenters. The number of benzene rings is 2. The summed E-state index contributed by atoms with van der Waals surface area (Å²) in [5.74, 6) is -0.540. The molecular weight excluding hydrogens is 262 g/mol. The molecular formula is C18H15NO2. The molecule has 0 bridgehead atoms. The number of nitriles is 1. The van der Waals surface area contributed by atoms with Gasteiger partial charge in [-0.2, -0.15) is 5.26 Å². The molecule has 0 fully saturated rings. The Hall–Kier alpha value is -2.86. The van der Waals surface area contributed by atoms with Gasteiger partial charge in [0.25, 0.3) is 0 Å². The van der Waals surface area contributed by atoms with Gasteiger partial charge in [-0.3, -0.25) is 0 Å². The average Bonchev–Trinajstić information content (AvgIpc) is 2.57. The van der Waals surface area contributed by atoms with Crippen LogP contribution in [0.3, 0.4) is 0 Å². The Kier molecular flexibility index (Phi) is 4.53. The summed E-state index contributed by atoms with van der Waals surface area (Å²) in [4.78, 5) is 11.4. The molecule has 0 aliphatic rings. The number of rotatable bonds is 5. The number of carbonyl (C=O) groups excluding carboxylic acids is 1. The molecule has 0 aliphatic carbocycles. The lowest BCUT2D eigenvalue weighted by molar-refractivity contribution is -0.138. The van der Waals surface area contributed by atoms with Crippen molar-refractivity contribution in [3.8, 4) is 6.07 Å². The molecule has 0 N–H and O–H groups in total. The van der Waals surface area contributed by atoms with Crippen molar-refractivity contribution in [2.75, 3.05) is 6.61 Å². The monoisotopic (exact) mass is 277 g/mol. The molecule has 0 saturated heterocycles. The average molecular weight is 277 g/mol. The van der Waals surface area contributed by atoms with Crippen LogP contribution in [0.25, 0.3) is 0 Å². The third-order valence-electron chi connectivity index (χ3n) is 3.32. The summed E-state index contributed by atoms with van der Waals surface area (Å²) in [5.41, 5.74) is 0.549. The lowest BCUT2D eigenvalue weighted by Crippen LogP contribution is -2.32. The van der Waals surface area contributed by atoms with Gasteiger partial charge in [0.15, 0.2) is 0 Å². The van der Waals surface area contributed by atoms with E-state index in [1.54, 1.807) is 0 Å². The summed E-state index contributed by atoms with van der Waals surface area (Å²) in [5, 5.41) is 9.80. The van der Waals surface area contributed by atoms with E-state index < -0.39 is 11.4 Å². The Balaban J connectivity index is 2.50. The predicted molar refractivity (Wildman–Crippen MR) is 80.4 cm³/mol. The Labute approximate surface area is 124 Å². The summed E-state index contributed by atoms with van der Waals surface area (Å²) in [6.07, 6.45) is 1.10. The smallest absolute Gasteiger partial charge is 0.330 e. The van der Waals surface area contributed by atoms with Crippen LogP contribution in [0, 0.1) is 11.3 Å². The highest BCUT2D eigenvalue weighted by Crippen LogP contribution is 2.32. The van der Waals surface area contributed by atoms with Crippen LogP contribution >= 0.6 is 0 Å². The first kappa shape index (κ1) is 14.5. The van der Waals surface area contributed by atoms with Gasteiger partial charge in [-0.25, -0.2) is 4.79 Å². The standard InChI is InChI=1S/C18H15NO2/c1-2-17(20)21-14-18(13-19,15-9-5-3-6-10-15)16-11-7-4-8-12-16/h2-12H,1,14H2. The quantitative estimate of drug-likeness (QED) is 0.622. The molecule has 0 heterocycles. The maximum Gasteiger partial charge on any atom is 0.330 e. The largest absolute Gasteiger partial charge is 0.460 e. The molecule has 3 nitrogen and oxygen atoms in total. The number of nitrogens with zero attached hydrogens (tertiary/aromatic N) is 1. The molecule has 21 heavy (non-hydrogen) atoms. The fourth-order valence-electron chi connectivity index (χ4n) is 2.18. The van der Waals surface area contributed by atoms with Crippen molar-refractivity contribution in [1.29, 1.82) is 5.26 Å². The lowest BCUT2D eigenvalue weighted by atomic mass is 9.76. The molecule has 0 amide bonds. The lowest BCUT2D eigenvalue weighted by Gasteiger charge is -2.27. The van der Waals surface area contributed by atoms with E-state index in [9.17, 15) is 10.1 Å². The second kappa shape index (κ2) is 6.53. The third kappa shape index (κ3) is 3.01. The van der Waals surface area contributed by atoms with Crippen molar-refractivity contribution in [1.82, 2.24) is 0 Å². The summed E-state index contributed by atoms with van der Waals surface area (Å²) in [7, 11) is 0. The van der Waals surface area contributed by atoms with E-state index in [2.05, 4.69) is 12.6 Å². The summed E-state index contributed by atoms with van der Waals surface area (Å²) >= 11 is 0. The second-order valence-electron chi connectivity index (χ2n) is 4.56. The maximum atomic E-state index is 11.4. The molecule has 2 aromatic carbocycles. The van der Waals surface area contributed by atoms with Crippen LogP contribution in [-0.4, -0.2) is 12.6 Å². The second-order valence-corrected chi connectivity index (χ2v) is 4.56. The topological polar surface area (TPSA) is 50.1 Å². The van der Waals surface area contributed by atoms with Crippen molar-refractivity contribution in [3.63, 3.8) is 0 Å². The summed E-state index contributed by atoms with van der Waals surface area (Å²) in [6, 6.07) is 21.0. The van der Waals surface area contributed by atoms with Gasteiger partial charge in [0, 0.05) is 6.08 Å². The Morgan fingerprint density at radius 1 is 1.10 bits per heavy atom. The van der Waals surface area contributed by atoms with E-state index in [1.807, 2.05) is 60.7 Å². The normalized spacial score (nSPS) is 10.4. The van der Waals surface area contributed by atoms with E-state index in [4.69, 9.17) is 4.74 Å². The minimum atomic E-state index is -1.03. The van der Waals surface area contributed by atoms with E-state index in [1.165, 1.54) is 0 Å². The highest BCUT2D eigenvalue weighted by molar-refractivity contribution is 5.81. The fraction of sp³-hybridized carbons (Fsp3) is 0.111. The van der Waals surface area contributed by atoms with Crippen molar-refractivity contribution in [2.45, 2.75) is 5.41 Å². The van der Waals surface area contributed by atoms with Gasteiger partial charge in [0.05, 0.1) is 6.07 Å². The number of carbonyl (C=O) groups is 1. The first-order valence-corrected chi connectivity index (χ1v) is 6.54. The van der Waals surface area contributed by atoms with E-state index >= 15 is 0 Å². The van der Waals surface area contributed by atoms with Gasteiger partial charge in [-0.1, -0.05) is 67.2 Å². The van der Waals surface area contributed by atoms with Crippen LogP contribution in [0.15, 0.2) is 73.3 Å². The maximum absolute atomic E-state index is 11.4. The molecule has 0 aromatic heterocycles. The van der Waals surface area contributed by atoms with E-state index in [0.29, 0.717) is 0 Å². The number of esters is 1. The molecule has 0 spiro atoms. The van der Waals surface area contributed by atoms with E-state index in [0.717, 1.165) is 17.2 Å². The molecule has 104 valence electrons. The van der Waals surface area contributed by atoms with Gasteiger partial charge < -0.3 is 4.74 Å². The van der Waals surface area contributed by atoms with Gasteiger partial charge in [0.2, 0.25) is 0 Å². The zero-order valence-electron chi connectivity index (χ0n) is 11.5. The molecule has 0 aliphatic heterocycles. The minimum absolute atomic E-state index is 0.0532. The van der Waals surface area contributed by atoms with Crippen LogP contribution in [0.2, 0.25) is 0 Å². The summed E-state index contributed by atoms with van der Waals surface area (Å²) < 4.78 is 5.18. The zero-order chi connectivity index (χ0) is 15.1. The van der Waals surface area contributed by atoms with Crippen molar-refractivity contribution >= 4 is 5.97 Å². The van der Waals surface area contributed by atoms with Crippen LogP contribution in [0.1, 0.15) is 11.1 Å². The predicted octanol–water partition coefficient (Wildman–Crippen LogP) is 3.23. The molecule has 0 radical (unpaired) electrons. The van der Waals surface area contributed by atoms with Crippen molar-refractivity contribution < 1.29 is 9.53 Å². The number of hydrogen-bond donors (Lipinski definition) is 0.